The third kappa shape index (κ3) is 5.67. The van der Waals surface area contributed by atoms with Gasteiger partial charge in [0.05, 0.1) is 0 Å². The van der Waals surface area contributed by atoms with E-state index in [-0.39, 0.29) is 23.6 Å². The maximum atomic E-state index is 12.7. The van der Waals surface area contributed by atoms with E-state index in [0.29, 0.717) is 45.7 Å². The topological polar surface area (TPSA) is 70.2 Å². The molecule has 7 heteroatoms. The van der Waals surface area contributed by atoms with Crippen molar-refractivity contribution in [1.29, 1.82) is 0 Å². The molecule has 3 aliphatic rings. The minimum atomic E-state index is 0.0862. The van der Waals surface area contributed by atoms with Gasteiger partial charge in [-0.3, -0.25) is 14.4 Å². The lowest BCUT2D eigenvalue weighted by molar-refractivity contribution is -0.139. The molecule has 3 heterocycles. The third-order valence-electron chi connectivity index (χ3n) is 5.97. The van der Waals surface area contributed by atoms with Gasteiger partial charge in [-0.1, -0.05) is 0 Å². The Bertz CT molecular complexity index is 533. The molecule has 3 amide bonds. The first-order valence-electron chi connectivity index (χ1n) is 10.6. The third-order valence-corrected chi connectivity index (χ3v) is 5.97. The number of hydrogen-bond acceptors (Lipinski definition) is 4. The Morgan fingerprint density at radius 2 is 1.67 bits per heavy atom. The maximum Gasteiger partial charge on any atom is 0.225 e. The molecule has 0 saturated carbocycles. The van der Waals surface area contributed by atoms with Gasteiger partial charge in [-0.15, -0.1) is 0 Å². The van der Waals surface area contributed by atoms with E-state index in [9.17, 15) is 14.4 Å². The van der Waals surface area contributed by atoms with Crippen molar-refractivity contribution in [2.75, 3.05) is 52.5 Å². The van der Waals surface area contributed by atoms with Crippen LogP contribution in [0, 0.1) is 5.92 Å². The van der Waals surface area contributed by atoms with Crippen molar-refractivity contribution in [1.82, 2.24) is 14.7 Å². The van der Waals surface area contributed by atoms with Crippen LogP contribution in [0.5, 0.6) is 0 Å². The Kier molecular flexibility index (Phi) is 7.50. The quantitative estimate of drug-likeness (QED) is 0.721. The number of amides is 3. The van der Waals surface area contributed by atoms with E-state index in [1.807, 2.05) is 14.7 Å². The van der Waals surface area contributed by atoms with Crippen LogP contribution in [0.3, 0.4) is 0 Å². The second-order valence-electron chi connectivity index (χ2n) is 7.89. The fourth-order valence-electron chi connectivity index (χ4n) is 4.27. The summed E-state index contributed by atoms with van der Waals surface area (Å²) in [4.78, 5) is 42.8. The molecule has 152 valence electrons. The Balaban J connectivity index is 1.39. The van der Waals surface area contributed by atoms with Gasteiger partial charge in [0, 0.05) is 71.2 Å². The molecule has 3 saturated heterocycles. The monoisotopic (exact) mass is 379 g/mol. The predicted octanol–water partition coefficient (Wildman–Crippen LogP) is 1.27. The molecule has 3 aliphatic heterocycles. The standard InChI is InChI=1S/C20H33N3O4/c24-18-5-1-2-9-21(18)10-3-6-19(25)22-11-4-12-23(14-13-22)20(26)17-7-15-27-16-8-17/h17H,1-16H2. The molecule has 0 unspecified atom stereocenters. The van der Waals surface area contributed by atoms with Crippen LogP contribution in [-0.2, 0) is 19.1 Å². The number of likely N-dealkylation sites (tertiary alicyclic amines) is 1. The van der Waals surface area contributed by atoms with Crippen molar-refractivity contribution < 1.29 is 19.1 Å². The first kappa shape index (κ1) is 20.1. The van der Waals surface area contributed by atoms with Crippen LogP contribution in [0.15, 0.2) is 0 Å². The zero-order valence-corrected chi connectivity index (χ0v) is 16.4. The van der Waals surface area contributed by atoms with Crippen LogP contribution in [0.1, 0.15) is 51.4 Å². The van der Waals surface area contributed by atoms with E-state index >= 15 is 0 Å². The van der Waals surface area contributed by atoms with Gasteiger partial charge in [0.1, 0.15) is 0 Å². The Morgan fingerprint density at radius 1 is 0.926 bits per heavy atom. The number of carbonyl (C=O) groups is 3. The molecular formula is C20H33N3O4. The van der Waals surface area contributed by atoms with Crippen molar-refractivity contribution in [3.05, 3.63) is 0 Å². The normalized spacial score (nSPS) is 22.7. The molecule has 27 heavy (non-hydrogen) atoms. The molecule has 0 bridgehead atoms. The highest BCUT2D eigenvalue weighted by atomic mass is 16.5. The van der Waals surface area contributed by atoms with Crippen molar-refractivity contribution in [2.45, 2.75) is 51.4 Å². The second-order valence-corrected chi connectivity index (χ2v) is 7.89. The second kappa shape index (κ2) is 10.1. The zero-order chi connectivity index (χ0) is 19.1. The van der Waals surface area contributed by atoms with Crippen LogP contribution in [-0.4, -0.2) is 84.9 Å². The molecule has 3 fully saturated rings. The van der Waals surface area contributed by atoms with Crippen LogP contribution in [0.2, 0.25) is 0 Å². The molecule has 7 nitrogen and oxygen atoms in total. The summed E-state index contributed by atoms with van der Waals surface area (Å²) >= 11 is 0. The molecule has 0 N–H and O–H groups in total. The van der Waals surface area contributed by atoms with Crippen molar-refractivity contribution in [3.8, 4) is 0 Å². The first-order valence-corrected chi connectivity index (χ1v) is 10.6. The summed E-state index contributed by atoms with van der Waals surface area (Å²) in [6, 6.07) is 0. The number of carbonyl (C=O) groups excluding carboxylic acids is 3. The van der Waals surface area contributed by atoms with E-state index in [2.05, 4.69) is 0 Å². The van der Waals surface area contributed by atoms with Gasteiger partial charge < -0.3 is 19.4 Å². The number of ether oxygens (including phenoxy) is 1. The Morgan fingerprint density at radius 3 is 2.44 bits per heavy atom. The minimum Gasteiger partial charge on any atom is -0.381 e. The summed E-state index contributed by atoms with van der Waals surface area (Å²) in [6.45, 7) is 5.58. The van der Waals surface area contributed by atoms with E-state index in [1.54, 1.807) is 0 Å². The average molecular weight is 380 g/mol. The van der Waals surface area contributed by atoms with E-state index in [1.165, 1.54) is 0 Å². The molecule has 0 aromatic carbocycles. The molecule has 0 aromatic heterocycles. The van der Waals surface area contributed by atoms with Crippen molar-refractivity contribution >= 4 is 17.7 Å². The largest absolute Gasteiger partial charge is 0.381 e. The zero-order valence-electron chi connectivity index (χ0n) is 16.4. The van der Waals surface area contributed by atoms with Gasteiger partial charge in [-0.2, -0.15) is 0 Å². The molecular weight excluding hydrogens is 346 g/mol. The van der Waals surface area contributed by atoms with Gasteiger partial charge >= 0.3 is 0 Å². The maximum absolute atomic E-state index is 12.7. The molecule has 0 atom stereocenters. The highest BCUT2D eigenvalue weighted by Crippen LogP contribution is 2.19. The lowest BCUT2D eigenvalue weighted by Crippen LogP contribution is -2.41. The van der Waals surface area contributed by atoms with Crippen LogP contribution in [0.25, 0.3) is 0 Å². The Labute approximate surface area is 162 Å². The van der Waals surface area contributed by atoms with Gasteiger partial charge in [0.15, 0.2) is 0 Å². The number of hydrogen-bond donors (Lipinski definition) is 0. The van der Waals surface area contributed by atoms with Gasteiger partial charge in [-0.25, -0.2) is 0 Å². The fraction of sp³-hybridized carbons (Fsp3) is 0.850. The van der Waals surface area contributed by atoms with Crippen LogP contribution < -0.4 is 0 Å². The van der Waals surface area contributed by atoms with Crippen molar-refractivity contribution in [2.24, 2.45) is 5.92 Å². The van der Waals surface area contributed by atoms with E-state index in [0.717, 1.165) is 58.2 Å². The van der Waals surface area contributed by atoms with E-state index < -0.39 is 0 Å². The van der Waals surface area contributed by atoms with Crippen molar-refractivity contribution in [3.63, 3.8) is 0 Å². The minimum absolute atomic E-state index is 0.0862. The first-order chi connectivity index (χ1) is 13.1. The summed E-state index contributed by atoms with van der Waals surface area (Å²) in [5.74, 6) is 0.699. The number of nitrogens with zero attached hydrogens (tertiary/aromatic N) is 3. The summed E-state index contributed by atoms with van der Waals surface area (Å²) in [7, 11) is 0. The SMILES string of the molecule is O=C1CCCCN1CCCC(=O)N1CCCN(C(=O)C2CCOCC2)CC1. The molecule has 0 aromatic rings. The summed E-state index contributed by atoms with van der Waals surface area (Å²) in [5.41, 5.74) is 0. The van der Waals surface area contributed by atoms with Gasteiger partial charge in [0.25, 0.3) is 0 Å². The molecule has 0 radical (unpaired) electrons. The predicted molar refractivity (Wildman–Crippen MR) is 101 cm³/mol. The average Bonchev–Trinajstić information content (AvgIpc) is 2.96. The summed E-state index contributed by atoms with van der Waals surface area (Å²) in [6.07, 6.45) is 6.39. The fourth-order valence-corrected chi connectivity index (χ4v) is 4.27. The molecule has 0 spiro atoms. The van der Waals surface area contributed by atoms with Crippen LogP contribution in [0.4, 0.5) is 0 Å². The number of rotatable bonds is 5. The lowest BCUT2D eigenvalue weighted by Gasteiger charge is -2.28. The Hall–Kier alpha value is -1.63. The highest BCUT2D eigenvalue weighted by Gasteiger charge is 2.28. The van der Waals surface area contributed by atoms with Gasteiger partial charge in [-0.05, 0) is 38.5 Å². The highest BCUT2D eigenvalue weighted by molar-refractivity contribution is 5.80. The summed E-state index contributed by atoms with van der Waals surface area (Å²) < 4.78 is 5.35. The smallest absolute Gasteiger partial charge is 0.225 e. The number of piperidine rings is 1. The van der Waals surface area contributed by atoms with E-state index in [4.69, 9.17) is 4.74 Å². The van der Waals surface area contributed by atoms with Crippen LogP contribution >= 0.6 is 0 Å². The summed E-state index contributed by atoms with van der Waals surface area (Å²) in [5, 5.41) is 0. The van der Waals surface area contributed by atoms with Gasteiger partial charge in [0.2, 0.25) is 17.7 Å². The molecule has 3 rings (SSSR count). The molecule has 0 aliphatic carbocycles. The lowest BCUT2D eigenvalue weighted by atomic mass is 9.98.